The van der Waals surface area contributed by atoms with Gasteiger partial charge in [0.2, 0.25) is 0 Å². The van der Waals surface area contributed by atoms with E-state index in [0.29, 0.717) is 10.6 Å². The molecule has 1 saturated heterocycles. The monoisotopic (exact) mass is 589 g/mol. The van der Waals surface area contributed by atoms with Crippen molar-refractivity contribution in [2.45, 2.75) is 35.7 Å². The predicted octanol–water partition coefficient (Wildman–Crippen LogP) is 4.92. The first-order valence-electron chi connectivity index (χ1n) is 12.5. The Labute approximate surface area is 234 Å². The van der Waals surface area contributed by atoms with Crippen molar-refractivity contribution < 1.29 is 0 Å². The molecule has 0 amide bonds. The molecule has 8 heteroatoms. The number of imidazole rings is 1. The zero-order chi connectivity index (χ0) is 25.6. The summed E-state index contributed by atoms with van der Waals surface area (Å²) in [6.07, 6.45) is 14.9. The zero-order valence-electron chi connectivity index (χ0n) is 20.8. The number of fused-ring (bicyclic) bond motifs is 1. The number of rotatable bonds is 9. The van der Waals surface area contributed by atoms with Crippen molar-refractivity contribution in [2.75, 3.05) is 19.6 Å². The van der Waals surface area contributed by atoms with Gasteiger partial charge in [0.25, 0.3) is 0 Å². The Balaban J connectivity index is 1.31. The Bertz CT molecular complexity index is 1470. The molecule has 4 aromatic rings. The number of hydrogen-bond donors (Lipinski definition) is 0. The third-order valence-corrected chi connectivity index (χ3v) is 11.0. The fraction of sp³-hybridized carbons (Fsp3) is 0.276. The summed E-state index contributed by atoms with van der Waals surface area (Å²) in [4.78, 5) is 12.5. The molecule has 37 heavy (non-hydrogen) atoms. The van der Waals surface area contributed by atoms with Crippen LogP contribution in [0.3, 0.4) is 0 Å². The fourth-order valence-electron chi connectivity index (χ4n) is 4.55. The number of halogens is 1. The van der Waals surface area contributed by atoms with E-state index in [1.165, 1.54) is 43.2 Å². The third-order valence-electron chi connectivity index (χ3n) is 6.55. The summed E-state index contributed by atoms with van der Waals surface area (Å²) in [7, 11) is 1.97. The first-order valence-corrected chi connectivity index (χ1v) is 15.8. The molecule has 0 N–H and O–H groups in total. The Hall–Kier alpha value is -2.55. The molecule has 1 aliphatic heterocycles. The van der Waals surface area contributed by atoms with E-state index in [0.717, 1.165) is 37.3 Å². The van der Waals surface area contributed by atoms with Crippen LogP contribution in [-0.2, 0) is 7.05 Å². The van der Waals surface area contributed by atoms with Gasteiger partial charge in [-0.15, -0.1) is 0 Å². The molecular formula is C29H29AsClN5S. The molecule has 0 radical (unpaired) electrons. The van der Waals surface area contributed by atoms with Crippen molar-refractivity contribution in [1.82, 2.24) is 19.4 Å². The second kappa shape index (κ2) is 12.3. The minimum atomic E-state index is -0.788. The van der Waals surface area contributed by atoms with Crippen LogP contribution < -0.4 is 8.70 Å². The Morgan fingerprint density at radius 1 is 1.16 bits per heavy atom. The average Bonchev–Trinajstić information content (AvgIpc) is 3.57. The van der Waals surface area contributed by atoms with Crippen LogP contribution in [0.15, 0.2) is 71.1 Å². The number of allylic oxidation sites excluding steroid dienone is 1. The SMILES string of the molecule is Cn1ccnc1Sc1ccc([AsH]c2c(C#N)cnc3cc(/C=C/CCCN4CCCC4)ccc23)cc1Cl. The second-order valence-corrected chi connectivity index (χ2v) is 13.4. The molecule has 1 fully saturated rings. The molecule has 188 valence electrons. The number of likely N-dealkylation sites (tertiary alicyclic amines) is 1. The fourth-order valence-corrected chi connectivity index (χ4v) is 8.51. The number of nitriles is 1. The molecule has 0 saturated carbocycles. The van der Waals surface area contributed by atoms with Gasteiger partial charge < -0.3 is 0 Å². The molecule has 0 spiro atoms. The van der Waals surface area contributed by atoms with E-state index < -0.39 is 15.8 Å². The molecular weight excluding hydrogens is 561 g/mol. The third kappa shape index (κ3) is 6.48. The van der Waals surface area contributed by atoms with Gasteiger partial charge in [-0.1, -0.05) is 0 Å². The van der Waals surface area contributed by atoms with Gasteiger partial charge in [-0.25, -0.2) is 0 Å². The van der Waals surface area contributed by atoms with Crippen molar-refractivity contribution in [2.24, 2.45) is 7.05 Å². The van der Waals surface area contributed by atoms with Crippen LogP contribution in [-0.4, -0.2) is 54.8 Å². The summed E-state index contributed by atoms with van der Waals surface area (Å²) in [6.45, 7) is 3.72. The molecule has 5 rings (SSSR count). The molecule has 1 atom stereocenters. The van der Waals surface area contributed by atoms with Gasteiger partial charge in [-0.3, -0.25) is 0 Å². The summed E-state index contributed by atoms with van der Waals surface area (Å²) in [6, 6.07) is 15.0. The number of aryl methyl sites for hydroxylation is 1. The van der Waals surface area contributed by atoms with Crippen molar-refractivity contribution in [3.8, 4) is 6.07 Å². The molecule has 0 bridgehead atoms. The summed E-state index contributed by atoms with van der Waals surface area (Å²) < 4.78 is 4.26. The maximum atomic E-state index is 9.80. The van der Waals surface area contributed by atoms with Crippen LogP contribution in [0.5, 0.6) is 0 Å². The summed E-state index contributed by atoms with van der Waals surface area (Å²) in [5, 5.41) is 12.5. The normalized spacial score (nSPS) is 14.4. The van der Waals surface area contributed by atoms with Crippen molar-refractivity contribution in [3.63, 3.8) is 0 Å². The number of unbranched alkanes of at least 4 members (excludes halogenated alkanes) is 1. The van der Waals surface area contributed by atoms with Crippen molar-refractivity contribution >= 4 is 64.8 Å². The molecule has 1 aliphatic rings. The van der Waals surface area contributed by atoms with E-state index in [1.807, 2.05) is 23.9 Å². The molecule has 2 aromatic heterocycles. The van der Waals surface area contributed by atoms with E-state index in [4.69, 9.17) is 11.6 Å². The minimum absolute atomic E-state index is 0.653. The van der Waals surface area contributed by atoms with Gasteiger partial charge in [0.05, 0.1) is 0 Å². The van der Waals surface area contributed by atoms with E-state index in [9.17, 15) is 5.26 Å². The summed E-state index contributed by atoms with van der Waals surface area (Å²) >= 11 is 7.42. The van der Waals surface area contributed by atoms with Gasteiger partial charge in [0.15, 0.2) is 0 Å². The standard InChI is InChI=1S/C29H29AsClN5S/c1-35-16-12-33-29(35)37-27-11-9-23(18-25(27)31)30-28-22(19-32)20-34-26-17-21(8-10-24(26)28)7-3-2-4-13-36-14-5-6-15-36/h3,7-12,16-18,20,30H,2,4-6,13-15H2,1H3/b7-3+. The summed E-state index contributed by atoms with van der Waals surface area (Å²) in [5.74, 6) is 0. The number of hydrogen-bond acceptors (Lipinski definition) is 5. The number of nitrogens with zero attached hydrogens (tertiary/aromatic N) is 5. The van der Waals surface area contributed by atoms with Crippen molar-refractivity contribution in [1.29, 1.82) is 5.26 Å². The topological polar surface area (TPSA) is 57.7 Å². The first-order chi connectivity index (χ1) is 18.1. The van der Waals surface area contributed by atoms with Crippen LogP contribution in [0.2, 0.25) is 5.02 Å². The van der Waals surface area contributed by atoms with E-state index in [-0.39, 0.29) is 0 Å². The Morgan fingerprint density at radius 2 is 2.03 bits per heavy atom. The van der Waals surface area contributed by atoms with E-state index in [1.54, 1.807) is 24.2 Å². The number of aromatic nitrogens is 3. The van der Waals surface area contributed by atoms with Gasteiger partial charge in [0.1, 0.15) is 0 Å². The van der Waals surface area contributed by atoms with Crippen LogP contribution in [0, 0.1) is 11.3 Å². The summed E-state index contributed by atoms with van der Waals surface area (Å²) in [5.41, 5.74) is 2.74. The van der Waals surface area contributed by atoms with Gasteiger partial charge >= 0.3 is 222 Å². The van der Waals surface area contributed by atoms with Gasteiger partial charge in [-0.05, 0) is 12.8 Å². The van der Waals surface area contributed by atoms with Gasteiger partial charge in [-0.2, -0.15) is 0 Å². The average molecular weight is 590 g/mol. The Morgan fingerprint density at radius 3 is 2.78 bits per heavy atom. The number of benzene rings is 2. The van der Waals surface area contributed by atoms with Gasteiger partial charge in [0, 0.05) is 0 Å². The van der Waals surface area contributed by atoms with Crippen molar-refractivity contribution in [3.05, 3.63) is 77.2 Å². The molecule has 2 aromatic carbocycles. The van der Waals surface area contributed by atoms with E-state index >= 15 is 0 Å². The maximum absolute atomic E-state index is 9.80. The van der Waals surface area contributed by atoms with Crippen LogP contribution in [0.4, 0.5) is 0 Å². The van der Waals surface area contributed by atoms with Crippen LogP contribution in [0.1, 0.15) is 36.8 Å². The molecule has 1 unspecified atom stereocenters. The van der Waals surface area contributed by atoms with E-state index in [2.05, 4.69) is 63.4 Å². The molecule has 3 heterocycles. The quantitative estimate of drug-likeness (QED) is 0.205. The first kappa shape index (κ1) is 26.1. The zero-order valence-corrected chi connectivity index (χ0v) is 24.5. The Kier molecular flexibility index (Phi) is 8.69. The predicted molar refractivity (Wildman–Crippen MR) is 156 cm³/mol. The number of pyridine rings is 1. The second-order valence-electron chi connectivity index (χ2n) is 9.22. The molecule has 5 nitrogen and oxygen atoms in total. The van der Waals surface area contributed by atoms with Crippen LogP contribution in [0.25, 0.3) is 17.0 Å². The van der Waals surface area contributed by atoms with Crippen LogP contribution >= 0.6 is 23.4 Å². The molecule has 0 aliphatic carbocycles.